The van der Waals surface area contributed by atoms with E-state index in [0.29, 0.717) is 24.8 Å². The first kappa shape index (κ1) is 21.6. The molecule has 2 aromatic heterocycles. The largest absolute Gasteiger partial charge is 0.477 e. The maximum Gasteiger partial charge on any atom is 0.352 e. The van der Waals surface area contributed by atoms with Crippen LogP contribution in [0.15, 0.2) is 24.5 Å². The van der Waals surface area contributed by atoms with Gasteiger partial charge in [0.15, 0.2) is 0 Å². The molecule has 2 fully saturated rings. The van der Waals surface area contributed by atoms with Gasteiger partial charge in [-0.3, -0.25) is 9.48 Å². The minimum Gasteiger partial charge on any atom is -0.477 e. The number of carboxylic acid groups (broad SMARTS) is 1. The summed E-state index contributed by atoms with van der Waals surface area (Å²) in [5, 5.41) is 17.7. The topological polar surface area (TPSA) is 93.2 Å². The van der Waals surface area contributed by atoms with Crippen molar-refractivity contribution in [3.05, 3.63) is 35.9 Å². The van der Waals surface area contributed by atoms with Gasteiger partial charge in [-0.2, -0.15) is 0 Å². The van der Waals surface area contributed by atoms with Crippen LogP contribution in [0.5, 0.6) is 0 Å². The summed E-state index contributed by atoms with van der Waals surface area (Å²) in [6, 6.07) is 3.30. The summed E-state index contributed by atoms with van der Waals surface area (Å²) in [6.07, 6.45) is 10.0. The zero-order chi connectivity index (χ0) is 22.0. The second kappa shape index (κ2) is 8.85. The van der Waals surface area contributed by atoms with Gasteiger partial charge < -0.3 is 14.6 Å². The maximum absolute atomic E-state index is 13.0. The second-order valence-corrected chi connectivity index (χ2v) is 9.90. The van der Waals surface area contributed by atoms with Crippen molar-refractivity contribution in [2.75, 3.05) is 13.1 Å². The van der Waals surface area contributed by atoms with Gasteiger partial charge in [-0.15, -0.1) is 5.10 Å². The Balaban J connectivity index is 1.35. The number of hydrogen-bond acceptors (Lipinski definition) is 4. The van der Waals surface area contributed by atoms with E-state index in [-0.39, 0.29) is 17.0 Å². The van der Waals surface area contributed by atoms with Gasteiger partial charge in [-0.1, -0.05) is 25.5 Å². The van der Waals surface area contributed by atoms with E-state index < -0.39 is 5.97 Å². The van der Waals surface area contributed by atoms with Crippen LogP contribution in [-0.4, -0.2) is 54.5 Å². The SMILES string of the molecule is CC(C)(CC(=O)N1CCCCC(Cn2cc(Cn3cccc3C(=O)O)nn2)C1)C1CC1. The summed E-state index contributed by atoms with van der Waals surface area (Å²) in [5.74, 6) is 0.392. The van der Waals surface area contributed by atoms with Gasteiger partial charge in [0.25, 0.3) is 0 Å². The molecule has 8 nitrogen and oxygen atoms in total. The molecule has 1 N–H and O–H groups in total. The molecule has 168 valence electrons. The summed E-state index contributed by atoms with van der Waals surface area (Å²) in [7, 11) is 0. The van der Waals surface area contributed by atoms with Crippen molar-refractivity contribution < 1.29 is 14.7 Å². The van der Waals surface area contributed by atoms with E-state index >= 15 is 0 Å². The van der Waals surface area contributed by atoms with Crippen LogP contribution in [0.3, 0.4) is 0 Å². The van der Waals surface area contributed by atoms with E-state index in [1.165, 1.54) is 12.8 Å². The number of likely N-dealkylation sites (tertiary alicyclic amines) is 1. The molecular weight excluding hydrogens is 394 g/mol. The highest BCUT2D eigenvalue weighted by Gasteiger charge is 2.40. The Kier molecular flexibility index (Phi) is 6.16. The van der Waals surface area contributed by atoms with Crippen molar-refractivity contribution in [2.24, 2.45) is 17.3 Å². The van der Waals surface area contributed by atoms with Gasteiger partial charge in [0.2, 0.25) is 5.91 Å². The smallest absolute Gasteiger partial charge is 0.352 e. The second-order valence-electron chi connectivity index (χ2n) is 9.90. The van der Waals surface area contributed by atoms with Crippen molar-refractivity contribution in [3.8, 4) is 0 Å². The molecule has 8 heteroatoms. The Hall–Kier alpha value is -2.64. The third-order valence-electron chi connectivity index (χ3n) is 6.82. The number of nitrogens with zero attached hydrogens (tertiary/aromatic N) is 5. The van der Waals surface area contributed by atoms with Crippen LogP contribution in [-0.2, 0) is 17.9 Å². The van der Waals surface area contributed by atoms with Crippen molar-refractivity contribution >= 4 is 11.9 Å². The molecule has 2 aromatic rings. The Morgan fingerprint density at radius 1 is 1.23 bits per heavy atom. The fourth-order valence-electron chi connectivity index (χ4n) is 4.80. The van der Waals surface area contributed by atoms with Crippen LogP contribution in [0.1, 0.15) is 68.6 Å². The molecule has 31 heavy (non-hydrogen) atoms. The van der Waals surface area contributed by atoms with Crippen molar-refractivity contribution in [1.29, 1.82) is 0 Å². The van der Waals surface area contributed by atoms with E-state index in [1.54, 1.807) is 22.9 Å². The fourth-order valence-corrected chi connectivity index (χ4v) is 4.80. The maximum atomic E-state index is 13.0. The number of carboxylic acids is 1. The number of aromatic nitrogens is 4. The Morgan fingerprint density at radius 3 is 2.77 bits per heavy atom. The van der Waals surface area contributed by atoms with Crippen LogP contribution in [0.4, 0.5) is 0 Å². The predicted octanol–water partition coefficient (Wildman–Crippen LogP) is 3.28. The molecule has 1 aliphatic carbocycles. The predicted molar refractivity (Wildman–Crippen MR) is 116 cm³/mol. The number of hydrogen-bond donors (Lipinski definition) is 1. The molecule has 3 heterocycles. The lowest BCUT2D eigenvalue weighted by Gasteiger charge is -2.30. The van der Waals surface area contributed by atoms with E-state index in [2.05, 4.69) is 29.1 Å². The molecule has 0 spiro atoms. The van der Waals surface area contributed by atoms with Gasteiger partial charge in [-0.05, 0) is 55.1 Å². The van der Waals surface area contributed by atoms with Gasteiger partial charge in [0.05, 0.1) is 12.7 Å². The number of carbonyl (C=O) groups is 2. The highest BCUT2D eigenvalue weighted by atomic mass is 16.4. The van der Waals surface area contributed by atoms with Crippen LogP contribution < -0.4 is 0 Å². The highest BCUT2D eigenvalue weighted by molar-refractivity contribution is 5.85. The van der Waals surface area contributed by atoms with Gasteiger partial charge in [-0.25, -0.2) is 4.79 Å². The lowest BCUT2D eigenvalue weighted by atomic mass is 9.83. The first-order chi connectivity index (χ1) is 14.8. The molecule has 1 aliphatic heterocycles. The van der Waals surface area contributed by atoms with E-state index in [4.69, 9.17) is 0 Å². The first-order valence-corrected chi connectivity index (χ1v) is 11.4. The summed E-state index contributed by atoms with van der Waals surface area (Å²) in [4.78, 5) is 26.4. The summed E-state index contributed by atoms with van der Waals surface area (Å²) in [6.45, 7) is 7.19. The first-order valence-electron chi connectivity index (χ1n) is 11.4. The standard InChI is InChI=1S/C23H33N5O3/c1-23(2,18-8-9-18)12-21(29)27-10-4-3-6-17(13-27)14-28-16-19(24-25-28)15-26-11-5-7-20(26)22(30)31/h5,7,11,16-18H,3-4,6,8-10,12-15H2,1-2H3,(H,30,31). The average Bonchev–Trinajstić information content (AvgIpc) is 3.40. The number of rotatable bonds is 8. The third-order valence-corrected chi connectivity index (χ3v) is 6.82. The fraction of sp³-hybridized carbons (Fsp3) is 0.652. The van der Waals surface area contributed by atoms with Gasteiger partial charge in [0.1, 0.15) is 11.4 Å². The van der Waals surface area contributed by atoms with Crippen LogP contribution in [0.25, 0.3) is 0 Å². The molecule has 4 rings (SSSR count). The van der Waals surface area contributed by atoms with Gasteiger partial charge in [0, 0.05) is 32.3 Å². The Bertz CT molecular complexity index is 927. The zero-order valence-corrected chi connectivity index (χ0v) is 18.5. The lowest BCUT2D eigenvalue weighted by molar-refractivity contribution is -0.134. The molecule has 2 aliphatic rings. The van der Waals surface area contributed by atoms with E-state index in [9.17, 15) is 14.7 Å². The van der Waals surface area contributed by atoms with E-state index in [1.807, 2.05) is 10.9 Å². The molecule has 1 saturated carbocycles. The normalized spacial score (nSPS) is 19.9. The number of aromatic carboxylic acids is 1. The Morgan fingerprint density at radius 2 is 2.03 bits per heavy atom. The summed E-state index contributed by atoms with van der Waals surface area (Å²) >= 11 is 0. The number of amides is 1. The zero-order valence-electron chi connectivity index (χ0n) is 18.5. The minimum absolute atomic E-state index is 0.104. The van der Waals surface area contributed by atoms with Crippen LogP contribution >= 0.6 is 0 Å². The summed E-state index contributed by atoms with van der Waals surface area (Å²) < 4.78 is 3.50. The van der Waals surface area contributed by atoms with Gasteiger partial charge >= 0.3 is 5.97 Å². The molecule has 1 saturated heterocycles. The average molecular weight is 428 g/mol. The van der Waals surface area contributed by atoms with Crippen LogP contribution in [0.2, 0.25) is 0 Å². The number of carbonyl (C=O) groups excluding carboxylic acids is 1. The molecular formula is C23H33N5O3. The van der Waals surface area contributed by atoms with Crippen LogP contribution in [0, 0.1) is 17.3 Å². The quantitative estimate of drug-likeness (QED) is 0.698. The molecule has 0 aromatic carbocycles. The monoisotopic (exact) mass is 427 g/mol. The molecule has 1 atom stereocenters. The van der Waals surface area contributed by atoms with Crippen molar-refractivity contribution in [1.82, 2.24) is 24.5 Å². The third kappa shape index (κ3) is 5.35. The lowest BCUT2D eigenvalue weighted by Crippen LogP contribution is -2.38. The molecule has 1 unspecified atom stereocenters. The van der Waals surface area contributed by atoms with Crippen molar-refractivity contribution in [3.63, 3.8) is 0 Å². The molecule has 0 radical (unpaired) electrons. The highest BCUT2D eigenvalue weighted by Crippen LogP contribution is 2.47. The van der Waals surface area contributed by atoms with E-state index in [0.717, 1.165) is 44.6 Å². The van der Waals surface area contributed by atoms with Crippen molar-refractivity contribution in [2.45, 2.75) is 65.5 Å². The molecule has 1 amide bonds. The Labute approximate surface area is 183 Å². The summed E-state index contributed by atoms with van der Waals surface area (Å²) in [5.41, 5.74) is 1.07. The molecule has 0 bridgehead atoms. The minimum atomic E-state index is -0.953.